The van der Waals surface area contributed by atoms with Crippen molar-refractivity contribution in [1.82, 2.24) is 25.2 Å². The van der Waals surface area contributed by atoms with Crippen LogP contribution < -0.4 is 16.2 Å². The van der Waals surface area contributed by atoms with E-state index in [-0.39, 0.29) is 36.9 Å². The van der Waals surface area contributed by atoms with Crippen LogP contribution in [0.2, 0.25) is 0 Å². The molecule has 0 aliphatic carbocycles. The highest BCUT2D eigenvalue weighted by Gasteiger charge is 2.08. The Bertz CT molecular complexity index is 1000. The van der Waals surface area contributed by atoms with Crippen molar-refractivity contribution >= 4 is 22.7 Å². The molecule has 2 N–H and O–H groups in total. The van der Waals surface area contributed by atoms with E-state index in [2.05, 4.69) is 20.6 Å². The third-order valence-corrected chi connectivity index (χ3v) is 3.91. The highest BCUT2D eigenvalue weighted by molar-refractivity contribution is 5.80. The van der Waals surface area contributed by atoms with Gasteiger partial charge in [0.25, 0.3) is 5.56 Å². The molecular formula is C19H19N5O3. The van der Waals surface area contributed by atoms with Gasteiger partial charge < -0.3 is 10.6 Å². The number of rotatable bonds is 7. The smallest absolute Gasteiger partial charge is 0.261 e. The van der Waals surface area contributed by atoms with Crippen LogP contribution in [-0.4, -0.2) is 32.9 Å². The fraction of sp³-hybridized carbons (Fsp3) is 0.211. The summed E-state index contributed by atoms with van der Waals surface area (Å²) in [5, 5.41) is 5.83. The number of carbonyl (C=O) groups is 2. The fourth-order valence-corrected chi connectivity index (χ4v) is 2.53. The molecule has 1 aromatic carbocycles. The highest BCUT2D eigenvalue weighted by atomic mass is 16.2. The summed E-state index contributed by atoms with van der Waals surface area (Å²) in [6.07, 6.45) is 3.15. The van der Waals surface area contributed by atoms with Gasteiger partial charge in [-0.25, -0.2) is 4.98 Å². The number of pyridine rings is 1. The summed E-state index contributed by atoms with van der Waals surface area (Å²) < 4.78 is 1.25. The molecule has 0 saturated carbocycles. The minimum atomic E-state index is -0.355. The van der Waals surface area contributed by atoms with Gasteiger partial charge in [0.2, 0.25) is 11.8 Å². The Labute approximate surface area is 155 Å². The van der Waals surface area contributed by atoms with Crippen LogP contribution in [0.3, 0.4) is 0 Å². The van der Waals surface area contributed by atoms with E-state index in [4.69, 9.17) is 0 Å². The summed E-state index contributed by atoms with van der Waals surface area (Å²) in [5.74, 6) is -0.544. The number of nitrogens with one attached hydrogen (secondary N) is 2. The molecule has 0 bridgehead atoms. The summed E-state index contributed by atoms with van der Waals surface area (Å²) in [4.78, 5) is 44.4. The third-order valence-electron chi connectivity index (χ3n) is 3.91. The Morgan fingerprint density at radius 3 is 2.59 bits per heavy atom. The first-order chi connectivity index (χ1) is 13.1. The molecule has 3 aromatic rings. The van der Waals surface area contributed by atoms with E-state index in [0.29, 0.717) is 17.4 Å². The molecule has 2 aromatic heterocycles. The molecule has 0 atom stereocenters. The third kappa shape index (κ3) is 4.97. The zero-order chi connectivity index (χ0) is 19.1. The number of amides is 2. The van der Waals surface area contributed by atoms with Crippen molar-refractivity contribution in [1.29, 1.82) is 0 Å². The molecule has 0 fully saturated rings. The first-order valence-corrected chi connectivity index (χ1v) is 8.51. The van der Waals surface area contributed by atoms with E-state index in [1.165, 1.54) is 10.9 Å². The Morgan fingerprint density at radius 1 is 0.963 bits per heavy atom. The van der Waals surface area contributed by atoms with E-state index < -0.39 is 0 Å². The van der Waals surface area contributed by atoms with Crippen LogP contribution in [-0.2, 0) is 22.7 Å². The predicted octanol–water partition coefficient (Wildman–Crippen LogP) is 0.614. The van der Waals surface area contributed by atoms with Gasteiger partial charge in [0, 0.05) is 19.2 Å². The van der Waals surface area contributed by atoms with E-state index in [9.17, 15) is 14.4 Å². The van der Waals surface area contributed by atoms with Crippen LogP contribution in [0.25, 0.3) is 10.9 Å². The number of fused-ring (bicyclic) bond motifs is 1. The molecular weight excluding hydrogens is 346 g/mol. The lowest BCUT2D eigenvalue weighted by atomic mass is 10.2. The molecule has 0 saturated heterocycles. The molecule has 0 radical (unpaired) electrons. The topological polar surface area (TPSA) is 106 Å². The lowest BCUT2D eigenvalue weighted by Gasteiger charge is -2.08. The van der Waals surface area contributed by atoms with Gasteiger partial charge in [-0.05, 0) is 24.3 Å². The van der Waals surface area contributed by atoms with Gasteiger partial charge in [0.05, 0.1) is 29.5 Å². The first-order valence-electron chi connectivity index (χ1n) is 8.51. The van der Waals surface area contributed by atoms with Crippen LogP contribution in [0, 0.1) is 0 Å². The Balaban J connectivity index is 1.45. The minimum Gasteiger partial charge on any atom is -0.354 e. The predicted molar refractivity (Wildman–Crippen MR) is 99.7 cm³/mol. The van der Waals surface area contributed by atoms with Gasteiger partial charge in [0.15, 0.2) is 0 Å². The zero-order valence-corrected chi connectivity index (χ0v) is 14.6. The monoisotopic (exact) mass is 365 g/mol. The molecule has 0 spiro atoms. The minimum absolute atomic E-state index is 0.142. The molecule has 27 heavy (non-hydrogen) atoms. The number of hydrogen-bond donors (Lipinski definition) is 2. The average Bonchev–Trinajstić information content (AvgIpc) is 2.69. The maximum absolute atomic E-state index is 12.3. The van der Waals surface area contributed by atoms with Gasteiger partial charge in [-0.3, -0.25) is 23.9 Å². The van der Waals surface area contributed by atoms with Crippen LogP contribution in [0.4, 0.5) is 0 Å². The molecule has 138 valence electrons. The number of nitrogens with zero attached hydrogens (tertiary/aromatic N) is 3. The molecule has 0 aliphatic rings. The summed E-state index contributed by atoms with van der Waals surface area (Å²) in [6, 6.07) is 12.4. The van der Waals surface area contributed by atoms with Crippen molar-refractivity contribution in [3.05, 3.63) is 71.0 Å². The maximum Gasteiger partial charge on any atom is 0.261 e. The van der Waals surface area contributed by atoms with Gasteiger partial charge in [-0.15, -0.1) is 0 Å². The number of aromatic nitrogens is 3. The first kappa shape index (κ1) is 18.2. The molecule has 8 nitrogen and oxygen atoms in total. The lowest BCUT2D eigenvalue weighted by Crippen LogP contribution is -2.35. The van der Waals surface area contributed by atoms with E-state index in [1.54, 1.807) is 36.5 Å². The zero-order valence-electron chi connectivity index (χ0n) is 14.6. The van der Waals surface area contributed by atoms with Crippen LogP contribution in [0.5, 0.6) is 0 Å². The highest BCUT2D eigenvalue weighted by Crippen LogP contribution is 2.04. The van der Waals surface area contributed by atoms with Crippen LogP contribution in [0.15, 0.2) is 59.8 Å². The van der Waals surface area contributed by atoms with Gasteiger partial charge in [-0.1, -0.05) is 18.2 Å². The standard InChI is InChI=1S/C19H19N5O3/c25-17(22-11-14-5-3-4-9-20-14)8-10-21-18(26)12-24-13-23-16-7-2-1-6-15(16)19(24)27/h1-7,9,13H,8,10-12H2,(H,21,26)(H,22,25). The molecule has 2 amide bonds. The van der Waals surface area contributed by atoms with Gasteiger partial charge in [0.1, 0.15) is 6.54 Å². The average molecular weight is 365 g/mol. The maximum atomic E-state index is 12.3. The number of para-hydroxylation sites is 1. The van der Waals surface area contributed by atoms with E-state index in [1.807, 2.05) is 12.1 Å². The van der Waals surface area contributed by atoms with Crippen molar-refractivity contribution in [2.75, 3.05) is 6.54 Å². The van der Waals surface area contributed by atoms with Crippen molar-refractivity contribution in [2.45, 2.75) is 19.5 Å². The number of hydrogen-bond acceptors (Lipinski definition) is 5. The quantitative estimate of drug-likeness (QED) is 0.638. The lowest BCUT2D eigenvalue weighted by molar-refractivity contribution is -0.122. The van der Waals surface area contributed by atoms with Crippen molar-refractivity contribution in [3.63, 3.8) is 0 Å². The van der Waals surface area contributed by atoms with Crippen molar-refractivity contribution in [3.8, 4) is 0 Å². The number of benzene rings is 1. The second kappa shape index (κ2) is 8.70. The Hall–Kier alpha value is -3.55. The summed E-state index contributed by atoms with van der Waals surface area (Å²) >= 11 is 0. The SMILES string of the molecule is O=C(CCNC(=O)Cn1cnc2ccccc2c1=O)NCc1ccccn1. The van der Waals surface area contributed by atoms with Crippen molar-refractivity contribution < 1.29 is 9.59 Å². The van der Waals surface area contributed by atoms with Crippen LogP contribution in [0.1, 0.15) is 12.1 Å². The second-order valence-electron chi connectivity index (χ2n) is 5.89. The summed E-state index contributed by atoms with van der Waals surface area (Å²) in [6.45, 7) is 0.376. The number of carbonyl (C=O) groups excluding carboxylic acids is 2. The molecule has 2 heterocycles. The fourth-order valence-electron chi connectivity index (χ4n) is 2.53. The molecule has 0 aliphatic heterocycles. The molecule has 0 unspecified atom stereocenters. The largest absolute Gasteiger partial charge is 0.354 e. The Morgan fingerprint density at radius 2 is 1.78 bits per heavy atom. The van der Waals surface area contributed by atoms with Crippen LogP contribution >= 0.6 is 0 Å². The second-order valence-corrected chi connectivity index (χ2v) is 5.89. The van der Waals surface area contributed by atoms with E-state index in [0.717, 1.165) is 5.69 Å². The van der Waals surface area contributed by atoms with E-state index >= 15 is 0 Å². The van der Waals surface area contributed by atoms with Gasteiger partial charge in [-0.2, -0.15) is 0 Å². The molecule has 3 rings (SSSR count). The summed E-state index contributed by atoms with van der Waals surface area (Å²) in [5.41, 5.74) is 1.07. The van der Waals surface area contributed by atoms with Gasteiger partial charge >= 0.3 is 0 Å². The Kier molecular flexibility index (Phi) is 5.88. The normalized spacial score (nSPS) is 10.5. The summed E-state index contributed by atoms with van der Waals surface area (Å²) in [7, 11) is 0. The molecule has 8 heteroatoms. The van der Waals surface area contributed by atoms with Crippen molar-refractivity contribution in [2.24, 2.45) is 0 Å².